The second-order valence-electron chi connectivity index (χ2n) is 5.65. The van der Waals surface area contributed by atoms with Crippen molar-refractivity contribution in [2.45, 2.75) is 6.92 Å². The van der Waals surface area contributed by atoms with Crippen LogP contribution >= 0.6 is 11.6 Å². The van der Waals surface area contributed by atoms with E-state index in [9.17, 15) is 9.59 Å². The highest BCUT2D eigenvalue weighted by Crippen LogP contribution is 2.18. The van der Waals surface area contributed by atoms with Gasteiger partial charge in [0.05, 0.1) is 0 Å². The summed E-state index contributed by atoms with van der Waals surface area (Å²) in [5.74, 6) is -0.0224. The molecule has 0 atom stereocenters. The van der Waals surface area contributed by atoms with Crippen LogP contribution in [0, 0.1) is 0 Å². The van der Waals surface area contributed by atoms with E-state index in [1.54, 1.807) is 60.7 Å². The average molecular weight is 382 g/mol. The van der Waals surface area contributed by atoms with Gasteiger partial charge in [0.2, 0.25) is 5.91 Å². The van der Waals surface area contributed by atoms with Crippen molar-refractivity contribution in [1.29, 1.82) is 0 Å². The van der Waals surface area contributed by atoms with Gasteiger partial charge in [-0.2, -0.15) is 0 Å². The minimum absolute atomic E-state index is 0.131. The Balaban J connectivity index is 1.62. The number of anilines is 4. The van der Waals surface area contributed by atoms with Gasteiger partial charge < -0.3 is 16.0 Å². The van der Waals surface area contributed by atoms with E-state index >= 15 is 0 Å². The molecule has 0 radical (unpaired) electrons. The van der Waals surface area contributed by atoms with Crippen LogP contribution in [0.2, 0.25) is 5.02 Å². The summed E-state index contributed by atoms with van der Waals surface area (Å²) >= 11 is 5.90. The van der Waals surface area contributed by atoms with Gasteiger partial charge in [-0.25, -0.2) is 0 Å². The molecule has 1 aromatic heterocycles. The smallest absolute Gasteiger partial charge is 0.276 e. The van der Waals surface area contributed by atoms with Crippen LogP contribution in [0.15, 0.2) is 60.7 Å². The Morgan fingerprint density at radius 1 is 0.852 bits per heavy atom. The third-order valence-corrected chi connectivity index (χ3v) is 3.69. The molecule has 7 nitrogen and oxygen atoms in total. The predicted octanol–water partition coefficient (Wildman–Crippen LogP) is 4.08. The molecular formula is C19H16ClN5O2. The maximum atomic E-state index is 12.2. The third-order valence-electron chi connectivity index (χ3n) is 3.46. The molecule has 1 heterocycles. The summed E-state index contributed by atoms with van der Waals surface area (Å²) in [5, 5.41) is 16.9. The van der Waals surface area contributed by atoms with Crippen LogP contribution < -0.4 is 16.0 Å². The zero-order chi connectivity index (χ0) is 19.2. The van der Waals surface area contributed by atoms with Crippen LogP contribution in [0.4, 0.5) is 22.9 Å². The van der Waals surface area contributed by atoms with Crippen molar-refractivity contribution >= 4 is 46.3 Å². The number of nitrogens with one attached hydrogen (secondary N) is 3. The third kappa shape index (κ3) is 5.26. The van der Waals surface area contributed by atoms with Crippen LogP contribution in [0.5, 0.6) is 0 Å². The standard InChI is InChI=1S/C19H16ClN5O2/c1-12(26)21-14-5-7-15(8-6-14)22-18-10-9-17(24-25-18)19(27)23-16-4-2-3-13(20)11-16/h2-11H,1H3,(H,21,26)(H,22,25)(H,23,27). The number of hydrogen-bond donors (Lipinski definition) is 3. The van der Waals surface area contributed by atoms with Crippen LogP contribution in [0.1, 0.15) is 17.4 Å². The summed E-state index contributed by atoms with van der Waals surface area (Å²) in [7, 11) is 0. The van der Waals surface area contributed by atoms with E-state index in [0.717, 1.165) is 5.69 Å². The zero-order valence-corrected chi connectivity index (χ0v) is 15.1. The minimum Gasteiger partial charge on any atom is -0.339 e. The van der Waals surface area contributed by atoms with E-state index in [4.69, 9.17) is 11.6 Å². The lowest BCUT2D eigenvalue weighted by Crippen LogP contribution is -2.14. The Kier molecular flexibility index (Phi) is 5.63. The van der Waals surface area contributed by atoms with Gasteiger partial charge in [-0.3, -0.25) is 9.59 Å². The van der Waals surface area contributed by atoms with Gasteiger partial charge in [0, 0.05) is 29.0 Å². The monoisotopic (exact) mass is 381 g/mol. The molecule has 3 N–H and O–H groups in total. The van der Waals surface area contributed by atoms with Crippen LogP contribution in [-0.4, -0.2) is 22.0 Å². The van der Waals surface area contributed by atoms with Crippen LogP contribution in [0.25, 0.3) is 0 Å². The molecule has 0 aliphatic rings. The summed E-state index contributed by atoms with van der Waals surface area (Å²) in [6, 6.07) is 17.2. The van der Waals surface area contributed by atoms with Gasteiger partial charge in [-0.05, 0) is 54.6 Å². The van der Waals surface area contributed by atoms with Crippen LogP contribution in [-0.2, 0) is 4.79 Å². The first-order valence-corrected chi connectivity index (χ1v) is 8.43. The molecule has 27 heavy (non-hydrogen) atoms. The number of carbonyl (C=O) groups is 2. The van der Waals surface area contributed by atoms with E-state index in [2.05, 4.69) is 26.1 Å². The number of hydrogen-bond acceptors (Lipinski definition) is 5. The maximum absolute atomic E-state index is 12.2. The Morgan fingerprint density at radius 2 is 1.59 bits per heavy atom. The molecule has 0 fully saturated rings. The fraction of sp³-hybridized carbons (Fsp3) is 0.0526. The average Bonchev–Trinajstić information content (AvgIpc) is 2.63. The van der Waals surface area contributed by atoms with Gasteiger partial charge in [0.25, 0.3) is 5.91 Å². The van der Waals surface area contributed by atoms with Crippen molar-refractivity contribution in [1.82, 2.24) is 10.2 Å². The lowest BCUT2D eigenvalue weighted by atomic mass is 10.2. The van der Waals surface area contributed by atoms with Crippen LogP contribution in [0.3, 0.4) is 0 Å². The summed E-state index contributed by atoms with van der Waals surface area (Å²) in [6.07, 6.45) is 0. The first-order chi connectivity index (χ1) is 13.0. The first kappa shape index (κ1) is 18.3. The minimum atomic E-state index is -0.379. The zero-order valence-electron chi connectivity index (χ0n) is 14.4. The molecule has 0 saturated heterocycles. The second-order valence-corrected chi connectivity index (χ2v) is 6.09. The molecule has 0 spiro atoms. The Morgan fingerprint density at radius 3 is 2.22 bits per heavy atom. The molecule has 0 saturated carbocycles. The van der Waals surface area contributed by atoms with E-state index < -0.39 is 0 Å². The SMILES string of the molecule is CC(=O)Nc1ccc(Nc2ccc(C(=O)Nc3cccc(Cl)c3)nn2)cc1. The molecule has 2 amide bonds. The van der Waals surface area contributed by atoms with Crippen molar-refractivity contribution in [2.24, 2.45) is 0 Å². The molecule has 2 aromatic carbocycles. The Bertz CT molecular complexity index is 959. The lowest BCUT2D eigenvalue weighted by molar-refractivity contribution is -0.114. The lowest BCUT2D eigenvalue weighted by Gasteiger charge is -2.08. The number of halogens is 1. The highest BCUT2D eigenvalue weighted by Gasteiger charge is 2.09. The van der Waals surface area contributed by atoms with E-state index in [0.29, 0.717) is 22.2 Å². The maximum Gasteiger partial charge on any atom is 0.276 e. The topological polar surface area (TPSA) is 96.0 Å². The van der Waals surface area contributed by atoms with Gasteiger partial charge >= 0.3 is 0 Å². The number of amides is 2. The molecule has 0 aliphatic heterocycles. The predicted molar refractivity (Wildman–Crippen MR) is 105 cm³/mol. The normalized spacial score (nSPS) is 10.1. The highest BCUT2D eigenvalue weighted by atomic mass is 35.5. The fourth-order valence-electron chi connectivity index (χ4n) is 2.27. The van der Waals surface area contributed by atoms with Crippen molar-refractivity contribution < 1.29 is 9.59 Å². The number of rotatable bonds is 5. The second kappa shape index (κ2) is 8.29. The van der Waals surface area contributed by atoms with Crippen molar-refractivity contribution in [3.05, 3.63) is 71.4 Å². The Hall–Kier alpha value is -3.45. The first-order valence-electron chi connectivity index (χ1n) is 8.05. The van der Waals surface area contributed by atoms with E-state index in [-0.39, 0.29) is 17.5 Å². The molecule has 0 unspecified atom stereocenters. The Labute approximate surface area is 160 Å². The molecule has 8 heteroatoms. The highest BCUT2D eigenvalue weighted by molar-refractivity contribution is 6.30. The molecule has 3 rings (SSSR count). The summed E-state index contributed by atoms with van der Waals surface area (Å²) in [6.45, 7) is 1.45. The number of aromatic nitrogens is 2. The number of nitrogens with zero attached hydrogens (tertiary/aromatic N) is 2. The van der Waals surface area contributed by atoms with Gasteiger partial charge in [-0.15, -0.1) is 10.2 Å². The van der Waals surface area contributed by atoms with E-state index in [1.165, 1.54) is 6.92 Å². The molecule has 0 aliphatic carbocycles. The van der Waals surface area contributed by atoms with Gasteiger partial charge in [0.15, 0.2) is 11.5 Å². The summed E-state index contributed by atoms with van der Waals surface area (Å²) in [4.78, 5) is 23.2. The fourth-order valence-corrected chi connectivity index (χ4v) is 2.46. The summed E-state index contributed by atoms with van der Waals surface area (Å²) in [5.41, 5.74) is 2.24. The quantitative estimate of drug-likeness (QED) is 0.618. The molecule has 136 valence electrons. The van der Waals surface area contributed by atoms with Crippen molar-refractivity contribution in [3.63, 3.8) is 0 Å². The molecule has 3 aromatic rings. The van der Waals surface area contributed by atoms with Crippen molar-refractivity contribution in [2.75, 3.05) is 16.0 Å². The van der Waals surface area contributed by atoms with Gasteiger partial charge in [-0.1, -0.05) is 17.7 Å². The largest absolute Gasteiger partial charge is 0.339 e. The molecular weight excluding hydrogens is 366 g/mol. The molecule has 0 bridgehead atoms. The summed E-state index contributed by atoms with van der Waals surface area (Å²) < 4.78 is 0. The number of benzene rings is 2. The van der Waals surface area contributed by atoms with Gasteiger partial charge in [0.1, 0.15) is 0 Å². The number of carbonyl (C=O) groups excluding carboxylic acids is 2. The van der Waals surface area contributed by atoms with E-state index in [1.807, 2.05) is 0 Å². The van der Waals surface area contributed by atoms with Crippen molar-refractivity contribution in [3.8, 4) is 0 Å².